The Hall–Kier alpha value is -2.45. The number of hydrogen-bond donors (Lipinski definition) is 2. The van der Waals surface area contributed by atoms with Gasteiger partial charge in [-0.25, -0.2) is 17.9 Å². The van der Waals surface area contributed by atoms with Crippen LogP contribution in [0.2, 0.25) is 0 Å². The molecule has 2 rings (SSSR count). The van der Waals surface area contributed by atoms with Crippen LogP contribution in [0.3, 0.4) is 0 Å². The van der Waals surface area contributed by atoms with Crippen LogP contribution in [0, 0.1) is 0 Å². The van der Waals surface area contributed by atoms with Crippen molar-refractivity contribution in [3.8, 4) is 0 Å². The third-order valence-corrected chi connectivity index (χ3v) is 5.25. The van der Waals surface area contributed by atoms with Crippen LogP contribution < -0.4 is 10.0 Å². The molecular weight excluding hydrogens is 364 g/mol. The van der Waals surface area contributed by atoms with Crippen molar-refractivity contribution >= 4 is 16.1 Å². The molecule has 0 saturated carbocycles. The van der Waals surface area contributed by atoms with Crippen LogP contribution >= 0.6 is 0 Å². The number of amides is 2. The largest absolute Gasteiger partial charge is 0.334 e. The molecule has 0 aliphatic rings. The zero-order valence-electron chi connectivity index (χ0n) is 15.8. The Morgan fingerprint density at radius 2 is 1.78 bits per heavy atom. The monoisotopic (exact) mass is 390 g/mol. The summed E-state index contributed by atoms with van der Waals surface area (Å²) >= 11 is 0. The van der Waals surface area contributed by atoms with Crippen molar-refractivity contribution < 1.29 is 13.2 Å². The second kappa shape index (κ2) is 9.48. The smallest absolute Gasteiger partial charge is 0.317 e. The first-order chi connectivity index (χ1) is 12.7. The maximum Gasteiger partial charge on any atom is 0.317 e. The molecule has 146 valence electrons. The lowest BCUT2D eigenvalue weighted by Crippen LogP contribution is -2.36. The van der Waals surface area contributed by atoms with E-state index in [-0.39, 0.29) is 17.8 Å². The van der Waals surface area contributed by atoms with Crippen molar-refractivity contribution in [1.82, 2.24) is 19.9 Å². The lowest BCUT2D eigenvalue weighted by atomic mass is 10.1. The van der Waals surface area contributed by atoms with Crippen LogP contribution in [-0.4, -0.2) is 37.4 Å². The molecule has 0 spiro atoms. The van der Waals surface area contributed by atoms with Gasteiger partial charge in [-0.05, 0) is 37.1 Å². The van der Waals surface area contributed by atoms with Gasteiger partial charge < -0.3 is 10.2 Å². The zero-order chi connectivity index (χ0) is 19.9. The first kappa shape index (κ1) is 20.9. The van der Waals surface area contributed by atoms with E-state index in [1.165, 1.54) is 0 Å². The van der Waals surface area contributed by atoms with Crippen molar-refractivity contribution in [2.75, 3.05) is 7.05 Å². The molecule has 1 aromatic heterocycles. The highest BCUT2D eigenvalue weighted by molar-refractivity contribution is 7.88. The molecule has 2 amide bonds. The van der Waals surface area contributed by atoms with Crippen molar-refractivity contribution in [1.29, 1.82) is 0 Å². The molecule has 8 heteroatoms. The van der Waals surface area contributed by atoms with E-state index in [2.05, 4.69) is 15.0 Å². The van der Waals surface area contributed by atoms with Crippen molar-refractivity contribution in [3.05, 3.63) is 65.5 Å². The fraction of sp³-hybridized carbons (Fsp3) is 0.368. The third-order valence-electron chi connectivity index (χ3n) is 3.71. The normalized spacial score (nSPS) is 11.4. The summed E-state index contributed by atoms with van der Waals surface area (Å²) in [5.74, 6) is -0.0648. The van der Waals surface area contributed by atoms with Gasteiger partial charge in [0, 0.05) is 25.8 Å². The van der Waals surface area contributed by atoms with Crippen LogP contribution in [0.25, 0.3) is 0 Å². The molecule has 1 aromatic carbocycles. The Morgan fingerprint density at radius 3 is 2.37 bits per heavy atom. The van der Waals surface area contributed by atoms with Gasteiger partial charge in [-0.3, -0.25) is 4.98 Å². The molecule has 0 bridgehead atoms. The molecule has 0 aliphatic carbocycles. The summed E-state index contributed by atoms with van der Waals surface area (Å²) in [7, 11) is -1.64. The van der Waals surface area contributed by atoms with Gasteiger partial charge in [0.1, 0.15) is 0 Å². The number of nitrogens with one attached hydrogen (secondary N) is 2. The minimum Gasteiger partial charge on any atom is -0.334 e. The number of carbonyl (C=O) groups is 1. The van der Waals surface area contributed by atoms with E-state index in [4.69, 9.17) is 0 Å². The van der Waals surface area contributed by atoms with Gasteiger partial charge in [-0.1, -0.05) is 30.3 Å². The molecule has 0 unspecified atom stereocenters. The molecule has 0 atom stereocenters. The number of urea groups is 1. The van der Waals surface area contributed by atoms with Crippen LogP contribution in [0.1, 0.15) is 30.7 Å². The number of pyridine rings is 1. The lowest BCUT2D eigenvalue weighted by Gasteiger charge is -2.17. The number of hydrogen-bond acceptors (Lipinski definition) is 4. The van der Waals surface area contributed by atoms with Gasteiger partial charge in [-0.15, -0.1) is 0 Å². The molecule has 2 N–H and O–H groups in total. The van der Waals surface area contributed by atoms with Gasteiger partial charge >= 0.3 is 6.03 Å². The summed E-state index contributed by atoms with van der Waals surface area (Å²) in [6.07, 6.45) is 1.69. The Labute approximate surface area is 160 Å². The van der Waals surface area contributed by atoms with E-state index in [0.717, 1.165) is 11.3 Å². The number of rotatable bonds is 8. The third kappa shape index (κ3) is 7.36. The molecule has 0 fully saturated rings. The molecule has 7 nitrogen and oxygen atoms in total. The summed E-state index contributed by atoms with van der Waals surface area (Å²) in [4.78, 5) is 17.9. The lowest BCUT2D eigenvalue weighted by molar-refractivity contribution is 0.206. The molecule has 0 aliphatic heterocycles. The molecule has 0 radical (unpaired) electrons. The SMILES string of the molecule is CC(C)NS(=O)(=O)Cc1ccc(CNC(=O)N(C)Cc2ccccn2)cc1. The van der Waals surface area contributed by atoms with E-state index >= 15 is 0 Å². The predicted molar refractivity (Wildman–Crippen MR) is 105 cm³/mol. The van der Waals surface area contributed by atoms with E-state index < -0.39 is 10.0 Å². The minimum atomic E-state index is -3.35. The first-order valence-electron chi connectivity index (χ1n) is 8.72. The number of carbonyl (C=O) groups excluding carboxylic acids is 1. The quantitative estimate of drug-likeness (QED) is 0.723. The molecular formula is C19H26N4O3S. The zero-order valence-corrected chi connectivity index (χ0v) is 16.7. The Kier molecular flexibility index (Phi) is 7.32. The molecule has 1 heterocycles. The second-order valence-corrected chi connectivity index (χ2v) is 8.44. The topological polar surface area (TPSA) is 91.4 Å². The van der Waals surface area contributed by atoms with Gasteiger partial charge in [0.15, 0.2) is 0 Å². The van der Waals surface area contributed by atoms with Gasteiger partial charge in [0.2, 0.25) is 10.0 Å². The maximum atomic E-state index is 12.2. The first-order valence-corrected chi connectivity index (χ1v) is 10.4. The van der Waals surface area contributed by atoms with Crippen LogP contribution in [-0.2, 0) is 28.9 Å². The number of nitrogens with zero attached hydrogens (tertiary/aromatic N) is 2. The average molecular weight is 391 g/mol. The highest BCUT2D eigenvalue weighted by atomic mass is 32.2. The second-order valence-electron chi connectivity index (χ2n) is 6.68. The van der Waals surface area contributed by atoms with Crippen LogP contribution in [0.5, 0.6) is 0 Å². The highest BCUT2D eigenvalue weighted by Gasteiger charge is 2.13. The minimum absolute atomic E-state index is 0.0648. The molecule has 27 heavy (non-hydrogen) atoms. The number of sulfonamides is 1. The van der Waals surface area contributed by atoms with Crippen molar-refractivity contribution in [2.45, 2.75) is 38.7 Å². The number of benzene rings is 1. The van der Waals surface area contributed by atoms with E-state index in [0.29, 0.717) is 18.7 Å². The predicted octanol–water partition coefficient (Wildman–Crippen LogP) is 2.25. The summed E-state index contributed by atoms with van der Waals surface area (Å²) < 4.78 is 26.5. The van der Waals surface area contributed by atoms with Crippen molar-refractivity contribution in [3.63, 3.8) is 0 Å². The van der Waals surface area contributed by atoms with Gasteiger partial charge in [-0.2, -0.15) is 0 Å². The Bertz CT molecular complexity index is 837. The average Bonchev–Trinajstić information content (AvgIpc) is 2.60. The molecule has 0 saturated heterocycles. The fourth-order valence-electron chi connectivity index (χ4n) is 2.49. The summed E-state index contributed by atoms with van der Waals surface area (Å²) in [6, 6.07) is 12.4. The van der Waals surface area contributed by atoms with Crippen molar-refractivity contribution in [2.24, 2.45) is 0 Å². The Balaban J connectivity index is 1.84. The fourth-order valence-corrected chi connectivity index (χ4v) is 3.93. The van der Waals surface area contributed by atoms with E-state index in [1.807, 2.05) is 30.3 Å². The number of aromatic nitrogens is 1. The maximum absolute atomic E-state index is 12.2. The highest BCUT2D eigenvalue weighted by Crippen LogP contribution is 2.09. The van der Waals surface area contributed by atoms with E-state index in [1.54, 1.807) is 44.1 Å². The van der Waals surface area contributed by atoms with Crippen LogP contribution in [0.15, 0.2) is 48.7 Å². The van der Waals surface area contributed by atoms with Gasteiger partial charge in [0.25, 0.3) is 0 Å². The Morgan fingerprint density at radius 1 is 1.11 bits per heavy atom. The summed E-state index contributed by atoms with van der Waals surface area (Å²) in [6.45, 7) is 4.36. The van der Waals surface area contributed by atoms with Gasteiger partial charge in [0.05, 0.1) is 18.0 Å². The summed E-state index contributed by atoms with van der Waals surface area (Å²) in [5, 5.41) is 2.84. The van der Waals surface area contributed by atoms with Crippen LogP contribution in [0.4, 0.5) is 4.79 Å². The standard InChI is InChI=1S/C19H26N4O3S/c1-15(2)22-27(25,26)14-17-9-7-16(8-10-17)12-21-19(24)23(3)13-18-6-4-5-11-20-18/h4-11,15,22H,12-14H2,1-3H3,(H,21,24). The molecule has 2 aromatic rings. The van der Waals surface area contributed by atoms with E-state index in [9.17, 15) is 13.2 Å². The summed E-state index contributed by atoms with van der Waals surface area (Å²) in [5.41, 5.74) is 2.41.